The molecule has 4 aromatic rings. The molecule has 4 rings (SSSR count). The van der Waals surface area contributed by atoms with Crippen molar-refractivity contribution in [2.24, 2.45) is 0 Å². The van der Waals surface area contributed by atoms with Crippen molar-refractivity contribution in [3.8, 4) is 11.3 Å². The standard InChI is InChI=1S/C26H23F3N2/c1-17-22(15-16-24(30-17)20-11-13-21(14-12-20)26(27,28)29)18(2)31(3)25-10-6-8-19-7-4-5-9-23(19)25/h4-16,18H,1-3H3. The van der Waals surface area contributed by atoms with Crippen LogP contribution in [0.5, 0.6) is 0 Å². The van der Waals surface area contributed by atoms with Crippen molar-refractivity contribution in [1.82, 2.24) is 4.98 Å². The van der Waals surface area contributed by atoms with E-state index in [1.807, 2.05) is 31.2 Å². The number of hydrogen-bond acceptors (Lipinski definition) is 2. The second kappa shape index (κ2) is 8.06. The number of nitrogens with zero attached hydrogens (tertiary/aromatic N) is 2. The van der Waals surface area contributed by atoms with Crippen LogP contribution >= 0.6 is 0 Å². The van der Waals surface area contributed by atoms with Gasteiger partial charge in [-0.2, -0.15) is 13.2 Å². The van der Waals surface area contributed by atoms with Crippen LogP contribution in [0, 0.1) is 6.92 Å². The van der Waals surface area contributed by atoms with Gasteiger partial charge >= 0.3 is 6.18 Å². The quantitative estimate of drug-likeness (QED) is 0.341. The predicted molar refractivity (Wildman–Crippen MR) is 120 cm³/mol. The fraction of sp³-hybridized carbons (Fsp3) is 0.192. The summed E-state index contributed by atoms with van der Waals surface area (Å²) in [6.07, 6.45) is -4.34. The number of pyridine rings is 1. The lowest BCUT2D eigenvalue weighted by Gasteiger charge is -2.29. The first-order valence-corrected chi connectivity index (χ1v) is 10.1. The maximum absolute atomic E-state index is 12.8. The molecule has 5 heteroatoms. The van der Waals surface area contributed by atoms with Crippen molar-refractivity contribution < 1.29 is 13.2 Å². The minimum Gasteiger partial charge on any atom is -0.367 e. The van der Waals surface area contributed by atoms with Crippen molar-refractivity contribution in [2.75, 3.05) is 11.9 Å². The molecule has 0 spiro atoms. The second-order valence-corrected chi connectivity index (χ2v) is 7.73. The lowest BCUT2D eigenvalue weighted by atomic mass is 10.0. The van der Waals surface area contributed by atoms with Crippen LogP contribution in [-0.2, 0) is 6.18 Å². The van der Waals surface area contributed by atoms with Crippen molar-refractivity contribution in [1.29, 1.82) is 0 Å². The normalized spacial score (nSPS) is 12.7. The summed E-state index contributed by atoms with van der Waals surface area (Å²) in [5.74, 6) is 0. The molecule has 0 radical (unpaired) electrons. The number of hydrogen-bond donors (Lipinski definition) is 0. The SMILES string of the molecule is Cc1nc(-c2ccc(C(F)(F)F)cc2)ccc1C(C)N(C)c1cccc2ccccc12. The molecule has 0 N–H and O–H groups in total. The Balaban J connectivity index is 1.63. The van der Waals surface area contributed by atoms with Gasteiger partial charge in [0.1, 0.15) is 0 Å². The molecule has 158 valence electrons. The van der Waals surface area contributed by atoms with Gasteiger partial charge in [0.15, 0.2) is 0 Å². The highest BCUT2D eigenvalue weighted by atomic mass is 19.4. The number of rotatable bonds is 4. The highest BCUT2D eigenvalue weighted by Crippen LogP contribution is 2.34. The van der Waals surface area contributed by atoms with Crippen LogP contribution in [0.25, 0.3) is 22.0 Å². The Morgan fingerprint density at radius 3 is 2.19 bits per heavy atom. The molecule has 0 aliphatic carbocycles. The van der Waals surface area contributed by atoms with Gasteiger partial charge in [0, 0.05) is 29.4 Å². The minimum atomic E-state index is -4.34. The Kier molecular flexibility index (Phi) is 5.44. The highest BCUT2D eigenvalue weighted by molar-refractivity contribution is 5.94. The Hall–Kier alpha value is -3.34. The molecule has 31 heavy (non-hydrogen) atoms. The lowest BCUT2D eigenvalue weighted by Crippen LogP contribution is -2.22. The third-order valence-electron chi connectivity index (χ3n) is 5.81. The molecule has 0 aliphatic heterocycles. The molecular weight excluding hydrogens is 397 g/mol. The predicted octanol–water partition coefficient (Wildman–Crippen LogP) is 7.43. The average Bonchev–Trinajstić information content (AvgIpc) is 2.77. The molecule has 1 aromatic heterocycles. The number of fused-ring (bicyclic) bond motifs is 1. The van der Waals surface area contributed by atoms with Crippen LogP contribution < -0.4 is 4.90 Å². The van der Waals surface area contributed by atoms with E-state index in [0.29, 0.717) is 11.3 Å². The molecule has 0 saturated heterocycles. The summed E-state index contributed by atoms with van der Waals surface area (Å²) in [5, 5.41) is 2.37. The monoisotopic (exact) mass is 420 g/mol. The van der Waals surface area contributed by atoms with Gasteiger partial charge in [-0.1, -0.05) is 54.6 Å². The van der Waals surface area contributed by atoms with Gasteiger partial charge in [-0.25, -0.2) is 0 Å². The summed E-state index contributed by atoms with van der Waals surface area (Å²) >= 11 is 0. The molecule has 0 amide bonds. The van der Waals surface area contributed by atoms with Crippen molar-refractivity contribution >= 4 is 16.5 Å². The molecular formula is C26H23F3N2. The molecule has 0 aliphatic rings. The number of halogens is 3. The van der Waals surface area contributed by atoms with Gasteiger partial charge in [-0.15, -0.1) is 0 Å². The summed E-state index contributed by atoms with van der Waals surface area (Å²) < 4.78 is 38.5. The van der Waals surface area contributed by atoms with Crippen molar-refractivity contribution in [3.05, 3.63) is 95.7 Å². The minimum absolute atomic E-state index is 0.0694. The molecule has 3 aromatic carbocycles. The zero-order valence-corrected chi connectivity index (χ0v) is 17.6. The Morgan fingerprint density at radius 1 is 0.839 bits per heavy atom. The smallest absolute Gasteiger partial charge is 0.367 e. The number of aromatic nitrogens is 1. The van der Waals surface area contributed by atoms with Crippen LogP contribution in [0.4, 0.5) is 18.9 Å². The molecule has 2 nitrogen and oxygen atoms in total. The first-order valence-electron chi connectivity index (χ1n) is 10.1. The third kappa shape index (κ3) is 4.13. The topological polar surface area (TPSA) is 16.1 Å². The van der Waals surface area contributed by atoms with Gasteiger partial charge in [0.2, 0.25) is 0 Å². The van der Waals surface area contributed by atoms with Crippen LogP contribution in [-0.4, -0.2) is 12.0 Å². The zero-order chi connectivity index (χ0) is 22.2. The van der Waals surface area contributed by atoms with Crippen molar-refractivity contribution in [2.45, 2.75) is 26.1 Å². The number of aryl methyl sites for hydroxylation is 1. The van der Waals surface area contributed by atoms with Gasteiger partial charge < -0.3 is 4.90 Å². The van der Waals surface area contributed by atoms with E-state index in [4.69, 9.17) is 0 Å². The average molecular weight is 420 g/mol. The molecule has 0 saturated carbocycles. The first-order chi connectivity index (χ1) is 14.8. The molecule has 0 fully saturated rings. The fourth-order valence-corrected chi connectivity index (χ4v) is 3.94. The van der Waals surface area contributed by atoms with E-state index in [2.05, 4.69) is 54.2 Å². The largest absolute Gasteiger partial charge is 0.416 e. The summed E-state index contributed by atoms with van der Waals surface area (Å²) in [6, 6.07) is 23.6. The van der Waals surface area contributed by atoms with Gasteiger partial charge in [-0.05, 0) is 49.1 Å². The van der Waals surface area contributed by atoms with Crippen LogP contribution in [0.15, 0.2) is 78.9 Å². The van der Waals surface area contributed by atoms with E-state index in [0.717, 1.165) is 29.1 Å². The lowest BCUT2D eigenvalue weighted by molar-refractivity contribution is -0.137. The molecule has 1 atom stereocenters. The van der Waals surface area contributed by atoms with Gasteiger partial charge in [-0.3, -0.25) is 4.98 Å². The third-order valence-corrected chi connectivity index (χ3v) is 5.81. The first kappa shape index (κ1) is 20.9. The van der Waals surface area contributed by atoms with Gasteiger partial charge in [0.25, 0.3) is 0 Å². The fourth-order valence-electron chi connectivity index (χ4n) is 3.94. The summed E-state index contributed by atoms with van der Waals surface area (Å²) in [6.45, 7) is 4.07. The Labute approximate surface area is 180 Å². The van der Waals surface area contributed by atoms with E-state index in [1.54, 1.807) is 0 Å². The van der Waals surface area contributed by atoms with E-state index in [-0.39, 0.29) is 6.04 Å². The summed E-state index contributed by atoms with van der Waals surface area (Å²) in [7, 11) is 2.07. The van der Waals surface area contributed by atoms with E-state index < -0.39 is 11.7 Å². The highest BCUT2D eigenvalue weighted by Gasteiger charge is 2.30. The number of anilines is 1. The van der Waals surface area contributed by atoms with E-state index in [1.165, 1.54) is 22.9 Å². The van der Waals surface area contributed by atoms with Crippen LogP contribution in [0.2, 0.25) is 0 Å². The Bertz CT molecular complexity index is 1210. The maximum atomic E-state index is 12.8. The Morgan fingerprint density at radius 2 is 1.52 bits per heavy atom. The summed E-state index contributed by atoms with van der Waals surface area (Å²) in [4.78, 5) is 6.91. The van der Waals surface area contributed by atoms with E-state index >= 15 is 0 Å². The van der Waals surface area contributed by atoms with Crippen LogP contribution in [0.3, 0.4) is 0 Å². The number of benzene rings is 3. The summed E-state index contributed by atoms with van der Waals surface area (Å²) in [5.41, 5.74) is 3.74. The molecule has 1 heterocycles. The molecule has 1 unspecified atom stereocenters. The van der Waals surface area contributed by atoms with Gasteiger partial charge in [0.05, 0.1) is 17.3 Å². The van der Waals surface area contributed by atoms with Crippen molar-refractivity contribution in [3.63, 3.8) is 0 Å². The van der Waals surface area contributed by atoms with Crippen LogP contribution in [0.1, 0.15) is 29.8 Å². The maximum Gasteiger partial charge on any atom is 0.416 e. The number of alkyl halides is 3. The second-order valence-electron chi connectivity index (χ2n) is 7.73. The van der Waals surface area contributed by atoms with E-state index in [9.17, 15) is 13.2 Å². The molecule has 0 bridgehead atoms. The zero-order valence-electron chi connectivity index (χ0n) is 17.6.